The van der Waals surface area contributed by atoms with E-state index in [2.05, 4.69) is 14.7 Å². The summed E-state index contributed by atoms with van der Waals surface area (Å²) in [6.45, 7) is -3.14. The van der Waals surface area contributed by atoms with Gasteiger partial charge in [0.05, 0.1) is 58.0 Å². The largest absolute Gasteiger partial charge is 0.493 e. The number of fused-ring (bicyclic) bond motifs is 1. The van der Waals surface area contributed by atoms with Crippen molar-refractivity contribution in [3.05, 3.63) is 66.0 Å². The first-order valence-electron chi connectivity index (χ1n) is 10.6. The van der Waals surface area contributed by atoms with Crippen molar-refractivity contribution in [2.75, 3.05) is 14.2 Å². The zero-order chi connectivity index (χ0) is 27.6. The zero-order valence-corrected chi connectivity index (χ0v) is 21.3. The van der Waals surface area contributed by atoms with Crippen LogP contribution in [0.5, 0.6) is 17.2 Å². The molecule has 0 aliphatic heterocycles. The summed E-state index contributed by atoms with van der Waals surface area (Å²) in [5, 5.41) is 8.86. The molecule has 1 unspecified atom stereocenters. The molecule has 2 aromatic heterocycles. The number of benzene rings is 2. The third-order valence-corrected chi connectivity index (χ3v) is 8.27. The van der Waals surface area contributed by atoms with Crippen LogP contribution in [-0.4, -0.2) is 58.5 Å². The number of hydrogen-bond donors (Lipinski definition) is 1. The van der Waals surface area contributed by atoms with Gasteiger partial charge in [0.15, 0.2) is 11.5 Å². The average Bonchev–Trinajstić information content (AvgIpc) is 3.28. The Hall–Kier alpha value is -4.11. The lowest BCUT2D eigenvalue weighted by molar-refractivity contribution is -0.0497. The number of pyridine rings is 1. The van der Waals surface area contributed by atoms with Crippen LogP contribution in [-0.2, 0) is 26.6 Å². The number of carbonyl (C=O) groups is 1. The fourth-order valence-corrected chi connectivity index (χ4v) is 6.61. The number of rotatable bonds is 10. The summed E-state index contributed by atoms with van der Waals surface area (Å²) in [5.41, 5.74) is -0.316. The number of alkyl halides is 2. The van der Waals surface area contributed by atoms with Gasteiger partial charge in [0.25, 0.3) is 10.0 Å². The van der Waals surface area contributed by atoms with E-state index in [1.807, 2.05) is 0 Å². The van der Waals surface area contributed by atoms with E-state index >= 15 is 0 Å². The Labute approximate surface area is 217 Å². The van der Waals surface area contributed by atoms with Crippen molar-refractivity contribution in [1.29, 1.82) is 0 Å². The molecule has 0 radical (unpaired) electrons. The lowest BCUT2D eigenvalue weighted by Crippen LogP contribution is -2.18. The molecular formula is C23H19F2N3O8S2. The van der Waals surface area contributed by atoms with Crippen LogP contribution in [0.25, 0.3) is 11.0 Å². The number of nitrogens with zero attached hydrogens (tertiary/aromatic N) is 3. The molecule has 0 bridgehead atoms. The summed E-state index contributed by atoms with van der Waals surface area (Å²) in [4.78, 5) is 19.3. The highest BCUT2D eigenvalue weighted by Gasteiger charge is 2.29. The van der Waals surface area contributed by atoms with Gasteiger partial charge in [-0.25, -0.2) is 22.2 Å². The molecule has 15 heteroatoms. The Bertz CT molecular complexity index is 1660. The van der Waals surface area contributed by atoms with Gasteiger partial charge in [-0.05, 0) is 30.3 Å². The fourth-order valence-electron chi connectivity index (χ4n) is 3.61. The summed E-state index contributed by atoms with van der Waals surface area (Å²) in [7, 11) is -4.01. The number of carboxylic acid groups (broad SMARTS) is 1. The first-order chi connectivity index (χ1) is 18.1. The molecule has 0 amide bonds. The van der Waals surface area contributed by atoms with Crippen LogP contribution in [0.3, 0.4) is 0 Å². The lowest BCUT2D eigenvalue weighted by atomic mass is 10.2. The number of ether oxygens (including phenoxy) is 3. The Balaban J connectivity index is 1.91. The lowest BCUT2D eigenvalue weighted by Gasteiger charge is -2.13. The molecule has 0 saturated carbocycles. The van der Waals surface area contributed by atoms with E-state index in [0.29, 0.717) is 9.72 Å². The summed E-state index contributed by atoms with van der Waals surface area (Å²) >= 11 is 0. The summed E-state index contributed by atoms with van der Waals surface area (Å²) < 4.78 is 82.1. The van der Waals surface area contributed by atoms with Crippen molar-refractivity contribution in [2.24, 2.45) is 0 Å². The molecule has 200 valence electrons. The van der Waals surface area contributed by atoms with Crippen LogP contribution in [0.1, 0.15) is 16.1 Å². The molecule has 38 heavy (non-hydrogen) atoms. The van der Waals surface area contributed by atoms with Crippen LogP contribution < -0.4 is 14.2 Å². The van der Waals surface area contributed by atoms with Gasteiger partial charge in [-0.1, -0.05) is 6.07 Å². The third kappa shape index (κ3) is 5.15. The number of imidazole rings is 1. The molecule has 1 N–H and O–H groups in total. The maximum Gasteiger partial charge on any atom is 0.387 e. The van der Waals surface area contributed by atoms with Crippen LogP contribution >= 0.6 is 0 Å². The highest BCUT2D eigenvalue weighted by molar-refractivity contribution is 7.91. The maximum absolute atomic E-state index is 13.7. The van der Waals surface area contributed by atoms with Crippen LogP contribution in [0.4, 0.5) is 8.78 Å². The minimum absolute atomic E-state index is 0.0961. The second-order valence-electron chi connectivity index (χ2n) is 7.51. The molecule has 0 fully saturated rings. The minimum Gasteiger partial charge on any atom is -0.493 e. The van der Waals surface area contributed by atoms with Crippen molar-refractivity contribution in [2.45, 2.75) is 22.4 Å². The van der Waals surface area contributed by atoms with Crippen LogP contribution in [0.15, 0.2) is 64.8 Å². The first kappa shape index (κ1) is 26.9. The SMILES string of the molecule is COc1ccnc(CS(=O)c2nc3cc(OC(F)F)ccc3n2S(=O)(=O)c2cccc(C(=O)O)c2)c1OC. The van der Waals surface area contributed by atoms with Gasteiger partial charge in [-0.15, -0.1) is 0 Å². The summed E-state index contributed by atoms with van der Waals surface area (Å²) in [6, 6.07) is 9.43. The predicted octanol–water partition coefficient (Wildman–Crippen LogP) is 3.29. The topological polar surface area (TPSA) is 147 Å². The van der Waals surface area contributed by atoms with E-state index in [1.165, 1.54) is 50.7 Å². The molecule has 11 nitrogen and oxygen atoms in total. The second kappa shape index (κ2) is 10.7. The van der Waals surface area contributed by atoms with E-state index in [-0.39, 0.29) is 39.5 Å². The number of aromatic nitrogens is 3. The molecule has 1 atom stereocenters. The van der Waals surface area contributed by atoms with Gasteiger partial charge in [0.1, 0.15) is 5.75 Å². The van der Waals surface area contributed by atoms with E-state index in [1.54, 1.807) is 0 Å². The average molecular weight is 568 g/mol. The first-order valence-corrected chi connectivity index (χ1v) is 13.3. The fraction of sp³-hybridized carbons (Fsp3) is 0.174. The Morgan fingerprint density at radius 1 is 1.13 bits per heavy atom. The zero-order valence-electron chi connectivity index (χ0n) is 19.7. The van der Waals surface area contributed by atoms with E-state index < -0.39 is 43.5 Å². The third-order valence-electron chi connectivity index (χ3n) is 5.24. The van der Waals surface area contributed by atoms with Crippen molar-refractivity contribution >= 4 is 37.8 Å². The Morgan fingerprint density at radius 3 is 2.55 bits per heavy atom. The van der Waals surface area contributed by atoms with Crippen molar-refractivity contribution in [3.8, 4) is 17.2 Å². The number of carboxylic acids is 1. The monoisotopic (exact) mass is 567 g/mol. The number of hydrogen-bond acceptors (Lipinski definition) is 9. The van der Waals surface area contributed by atoms with E-state index in [0.717, 1.165) is 18.2 Å². The van der Waals surface area contributed by atoms with Gasteiger partial charge < -0.3 is 19.3 Å². The van der Waals surface area contributed by atoms with Crippen LogP contribution in [0.2, 0.25) is 0 Å². The Morgan fingerprint density at radius 2 is 1.89 bits per heavy atom. The molecule has 0 aliphatic carbocycles. The molecule has 4 aromatic rings. The standard InChI is InChI=1S/C23H19F2N3O8S2/c1-34-19-8-9-26-17(20(19)35-2)12-37(31)23-27-16-11-14(36-22(24)25)6-7-18(16)28(23)38(32,33)15-5-3-4-13(10-15)21(29)30/h3-11,22H,12H2,1-2H3,(H,29,30). The van der Waals surface area contributed by atoms with E-state index in [4.69, 9.17) is 9.47 Å². The summed E-state index contributed by atoms with van der Waals surface area (Å²) in [6.07, 6.45) is 1.39. The molecule has 2 heterocycles. The molecule has 2 aromatic carbocycles. The van der Waals surface area contributed by atoms with Crippen molar-refractivity contribution < 1.29 is 45.5 Å². The number of methoxy groups -OCH3 is 2. The second-order valence-corrected chi connectivity index (χ2v) is 10.6. The van der Waals surface area contributed by atoms with Gasteiger partial charge in [-0.2, -0.15) is 8.78 Å². The van der Waals surface area contributed by atoms with Gasteiger partial charge in [0, 0.05) is 18.3 Å². The van der Waals surface area contributed by atoms with Crippen molar-refractivity contribution in [1.82, 2.24) is 13.9 Å². The smallest absolute Gasteiger partial charge is 0.387 e. The van der Waals surface area contributed by atoms with Gasteiger partial charge in [0.2, 0.25) is 5.16 Å². The molecule has 0 saturated heterocycles. The predicted molar refractivity (Wildman–Crippen MR) is 130 cm³/mol. The summed E-state index contributed by atoms with van der Waals surface area (Å²) in [5.74, 6) is -1.53. The van der Waals surface area contributed by atoms with Crippen molar-refractivity contribution in [3.63, 3.8) is 0 Å². The quantitative estimate of drug-likeness (QED) is 0.303. The number of halogens is 2. The van der Waals surface area contributed by atoms with Crippen LogP contribution in [0, 0.1) is 0 Å². The minimum atomic E-state index is -4.58. The molecule has 4 rings (SSSR count). The Kier molecular flexibility index (Phi) is 7.59. The van der Waals surface area contributed by atoms with E-state index in [9.17, 15) is 31.3 Å². The maximum atomic E-state index is 13.7. The van der Waals surface area contributed by atoms with Gasteiger partial charge >= 0.3 is 12.6 Å². The molecular weight excluding hydrogens is 548 g/mol. The highest BCUT2D eigenvalue weighted by atomic mass is 32.2. The normalized spacial score (nSPS) is 12.4. The molecule has 0 spiro atoms. The molecule has 0 aliphatic rings. The van der Waals surface area contributed by atoms with Gasteiger partial charge in [-0.3, -0.25) is 9.19 Å². The number of aromatic carboxylic acids is 1. The highest BCUT2D eigenvalue weighted by Crippen LogP contribution is 2.33.